The second kappa shape index (κ2) is 7.89. The summed E-state index contributed by atoms with van der Waals surface area (Å²) in [5.41, 5.74) is 0.891. The maximum atomic E-state index is 12.5. The Labute approximate surface area is 163 Å². The molecule has 3 atom stereocenters. The molecular formula is C21H24N2O3S. The van der Waals surface area contributed by atoms with Crippen LogP contribution >= 0.6 is 11.8 Å². The van der Waals surface area contributed by atoms with Crippen LogP contribution < -0.4 is 5.32 Å². The van der Waals surface area contributed by atoms with Crippen LogP contribution in [-0.4, -0.2) is 35.0 Å². The molecule has 0 radical (unpaired) electrons. The molecule has 1 N–H and O–H groups in total. The SMILES string of the molecule is O=C(CC1CC2CCC1C2)NCCN1C(=O)S/C(=C/c2ccccc2)C1=O. The van der Waals surface area contributed by atoms with Crippen molar-refractivity contribution in [1.82, 2.24) is 10.2 Å². The highest BCUT2D eigenvalue weighted by Gasteiger charge is 2.40. The first-order chi connectivity index (χ1) is 13.1. The van der Waals surface area contributed by atoms with E-state index in [1.54, 1.807) is 6.08 Å². The standard InChI is InChI=1S/C21H24N2O3S/c24-19(13-17-11-15-6-7-16(17)10-15)22-8-9-23-20(25)18(27-21(23)26)12-14-4-2-1-3-5-14/h1-5,12,15-17H,6-11,13H2,(H,22,24)/b18-12+. The van der Waals surface area contributed by atoms with E-state index in [1.807, 2.05) is 30.3 Å². The van der Waals surface area contributed by atoms with E-state index in [0.717, 1.165) is 29.2 Å². The van der Waals surface area contributed by atoms with Crippen molar-refractivity contribution >= 4 is 34.9 Å². The fraction of sp³-hybridized carbons (Fsp3) is 0.476. The normalized spacial score (nSPS) is 28.4. The average molecular weight is 385 g/mol. The molecule has 1 saturated heterocycles. The molecule has 6 heteroatoms. The van der Waals surface area contributed by atoms with E-state index in [9.17, 15) is 14.4 Å². The molecule has 0 aromatic heterocycles. The van der Waals surface area contributed by atoms with Gasteiger partial charge in [-0.1, -0.05) is 36.8 Å². The lowest BCUT2D eigenvalue weighted by atomic mass is 9.86. The van der Waals surface area contributed by atoms with Gasteiger partial charge >= 0.3 is 0 Å². The predicted octanol–water partition coefficient (Wildman–Crippen LogP) is 3.67. The van der Waals surface area contributed by atoms with Crippen molar-refractivity contribution in [3.63, 3.8) is 0 Å². The number of thioether (sulfide) groups is 1. The Bertz CT molecular complexity index is 777. The molecule has 5 nitrogen and oxygen atoms in total. The van der Waals surface area contributed by atoms with Crippen molar-refractivity contribution in [2.24, 2.45) is 17.8 Å². The van der Waals surface area contributed by atoms with E-state index in [1.165, 1.54) is 30.6 Å². The molecule has 27 heavy (non-hydrogen) atoms. The summed E-state index contributed by atoms with van der Waals surface area (Å²) in [6, 6.07) is 9.47. The number of imide groups is 1. The number of amides is 3. The van der Waals surface area contributed by atoms with Crippen LogP contribution in [0.3, 0.4) is 0 Å². The van der Waals surface area contributed by atoms with E-state index < -0.39 is 0 Å². The number of carbonyl (C=O) groups excluding carboxylic acids is 3. The smallest absolute Gasteiger partial charge is 0.293 e. The van der Waals surface area contributed by atoms with Crippen LogP contribution in [0.1, 0.15) is 37.7 Å². The van der Waals surface area contributed by atoms with Crippen molar-refractivity contribution in [3.05, 3.63) is 40.8 Å². The second-order valence-corrected chi connectivity index (χ2v) is 8.73. The lowest BCUT2D eigenvalue weighted by molar-refractivity contribution is -0.124. The van der Waals surface area contributed by atoms with Crippen molar-refractivity contribution in [1.29, 1.82) is 0 Å². The van der Waals surface area contributed by atoms with Crippen LogP contribution in [0, 0.1) is 17.8 Å². The predicted molar refractivity (Wildman–Crippen MR) is 106 cm³/mol. The van der Waals surface area contributed by atoms with Crippen molar-refractivity contribution < 1.29 is 14.4 Å². The van der Waals surface area contributed by atoms with Crippen LogP contribution in [0.15, 0.2) is 35.2 Å². The van der Waals surface area contributed by atoms with Gasteiger partial charge in [-0.3, -0.25) is 19.3 Å². The monoisotopic (exact) mass is 384 g/mol. The topological polar surface area (TPSA) is 66.5 Å². The molecule has 2 saturated carbocycles. The Morgan fingerprint density at radius 1 is 1.19 bits per heavy atom. The Morgan fingerprint density at radius 3 is 2.70 bits per heavy atom. The van der Waals surface area contributed by atoms with Crippen LogP contribution in [0.5, 0.6) is 0 Å². The summed E-state index contributed by atoms with van der Waals surface area (Å²) in [5, 5.41) is 2.61. The quantitative estimate of drug-likeness (QED) is 0.760. The maximum absolute atomic E-state index is 12.5. The first kappa shape index (κ1) is 18.3. The molecule has 1 aromatic carbocycles. The van der Waals surface area contributed by atoms with Gasteiger partial charge in [-0.25, -0.2) is 0 Å². The second-order valence-electron chi connectivity index (χ2n) is 7.73. The van der Waals surface area contributed by atoms with Gasteiger partial charge in [0.1, 0.15) is 0 Å². The molecule has 0 spiro atoms. The number of carbonyl (C=O) groups is 3. The summed E-state index contributed by atoms with van der Waals surface area (Å²) in [6.07, 6.45) is 7.40. The average Bonchev–Trinajstić information content (AvgIpc) is 3.34. The van der Waals surface area contributed by atoms with E-state index in [-0.39, 0.29) is 23.6 Å². The van der Waals surface area contributed by atoms with Crippen LogP contribution in [0.25, 0.3) is 6.08 Å². The van der Waals surface area contributed by atoms with Gasteiger partial charge in [-0.2, -0.15) is 0 Å². The highest BCUT2D eigenvalue weighted by Crippen LogP contribution is 2.49. The Morgan fingerprint density at radius 2 is 2.00 bits per heavy atom. The molecule has 142 valence electrons. The fourth-order valence-corrected chi connectivity index (χ4v) is 5.50. The Kier molecular flexibility index (Phi) is 5.34. The molecule has 2 bridgehead atoms. The number of nitrogens with zero attached hydrogens (tertiary/aromatic N) is 1. The minimum Gasteiger partial charge on any atom is -0.354 e. The minimum absolute atomic E-state index is 0.0411. The Balaban J connectivity index is 1.26. The van der Waals surface area contributed by atoms with Crippen molar-refractivity contribution in [2.75, 3.05) is 13.1 Å². The van der Waals surface area contributed by atoms with Gasteiger partial charge < -0.3 is 5.32 Å². The highest BCUT2D eigenvalue weighted by molar-refractivity contribution is 8.18. The molecule has 1 aromatic rings. The molecule has 3 unspecified atom stereocenters. The molecule has 1 heterocycles. The molecule has 3 amide bonds. The van der Waals surface area contributed by atoms with E-state index in [0.29, 0.717) is 23.8 Å². The van der Waals surface area contributed by atoms with Gasteiger partial charge in [0.15, 0.2) is 0 Å². The summed E-state index contributed by atoms with van der Waals surface area (Å²) < 4.78 is 0. The van der Waals surface area contributed by atoms with Gasteiger partial charge in [0.2, 0.25) is 5.91 Å². The van der Waals surface area contributed by atoms with Gasteiger partial charge in [-0.15, -0.1) is 0 Å². The van der Waals surface area contributed by atoms with Crippen molar-refractivity contribution in [2.45, 2.75) is 32.1 Å². The summed E-state index contributed by atoms with van der Waals surface area (Å²) >= 11 is 0.956. The highest BCUT2D eigenvalue weighted by atomic mass is 32.2. The third-order valence-electron chi connectivity index (χ3n) is 5.96. The Hall–Kier alpha value is -2.08. The molecule has 3 fully saturated rings. The maximum Gasteiger partial charge on any atom is 0.293 e. The fourth-order valence-electron chi connectivity index (χ4n) is 4.64. The van der Waals surface area contributed by atoms with Gasteiger partial charge in [0.25, 0.3) is 11.1 Å². The molecule has 4 rings (SSSR count). The summed E-state index contributed by atoms with van der Waals surface area (Å²) in [4.78, 5) is 38.5. The van der Waals surface area contributed by atoms with E-state index in [2.05, 4.69) is 5.32 Å². The molecule has 3 aliphatic rings. The first-order valence-electron chi connectivity index (χ1n) is 9.67. The zero-order valence-electron chi connectivity index (χ0n) is 15.2. The van der Waals surface area contributed by atoms with Crippen LogP contribution in [0.4, 0.5) is 4.79 Å². The summed E-state index contributed by atoms with van der Waals surface area (Å²) in [5.74, 6) is 1.84. The number of fused-ring (bicyclic) bond motifs is 2. The van der Waals surface area contributed by atoms with Crippen molar-refractivity contribution in [3.8, 4) is 0 Å². The number of benzene rings is 1. The lowest BCUT2D eigenvalue weighted by Crippen LogP contribution is -2.38. The number of hydrogen-bond donors (Lipinski definition) is 1. The lowest BCUT2D eigenvalue weighted by Gasteiger charge is -2.21. The van der Waals surface area contributed by atoms with Crippen LogP contribution in [0.2, 0.25) is 0 Å². The zero-order valence-corrected chi connectivity index (χ0v) is 16.0. The summed E-state index contributed by atoms with van der Waals surface area (Å²) in [7, 11) is 0. The summed E-state index contributed by atoms with van der Waals surface area (Å²) in [6.45, 7) is 0.537. The van der Waals surface area contributed by atoms with Gasteiger partial charge in [0, 0.05) is 19.5 Å². The van der Waals surface area contributed by atoms with Gasteiger partial charge in [0.05, 0.1) is 4.91 Å². The third kappa shape index (κ3) is 4.10. The van der Waals surface area contributed by atoms with E-state index in [4.69, 9.17) is 0 Å². The minimum atomic E-state index is -0.281. The zero-order chi connectivity index (χ0) is 18.8. The number of nitrogens with one attached hydrogen (secondary N) is 1. The molecular weight excluding hydrogens is 360 g/mol. The largest absolute Gasteiger partial charge is 0.354 e. The van der Waals surface area contributed by atoms with Crippen LogP contribution in [-0.2, 0) is 9.59 Å². The third-order valence-corrected chi connectivity index (χ3v) is 6.87. The number of hydrogen-bond acceptors (Lipinski definition) is 4. The first-order valence-corrected chi connectivity index (χ1v) is 10.5. The van der Waals surface area contributed by atoms with Gasteiger partial charge in [-0.05, 0) is 60.4 Å². The number of rotatable bonds is 6. The van der Waals surface area contributed by atoms with E-state index >= 15 is 0 Å². The molecule has 1 aliphatic heterocycles. The molecule has 2 aliphatic carbocycles.